The fourth-order valence-corrected chi connectivity index (χ4v) is 3.42. The van der Waals surface area contributed by atoms with Crippen molar-refractivity contribution in [2.45, 2.75) is 77.9 Å². The van der Waals surface area contributed by atoms with Gasteiger partial charge in [-0.3, -0.25) is 9.59 Å². The van der Waals surface area contributed by atoms with Gasteiger partial charge in [0.25, 0.3) is 0 Å². The van der Waals surface area contributed by atoms with E-state index in [-0.39, 0.29) is 30.2 Å². The predicted octanol–water partition coefficient (Wildman–Crippen LogP) is 3.97. The van der Waals surface area contributed by atoms with Crippen LogP contribution in [0.4, 0.5) is 0 Å². The largest absolute Gasteiger partial charge is 0.489 e. The van der Waals surface area contributed by atoms with E-state index >= 15 is 0 Å². The summed E-state index contributed by atoms with van der Waals surface area (Å²) < 4.78 is 16.7. The Morgan fingerprint density at radius 3 is 2.39 bits per heavy atom. The lowest BCUT2D eigenvalue weighted by Gasteiger charge is -2.26. The van der Waals surface area contributed by atoms with E-state index in [9.17, 15) is 9.59 Å². The van der Waals surface area contributed by atoms with Crippen molar-refractivity contribution in [1.29, 1.82) is 0 Å². The molecule has 0 aliphatic heterocycles. The molecule has 28 heavy (non-hydrogen) atoms. The van der Waals surface area contributed by atoms with Crippen molar-refractivity contribution in [3.63, 3.8) is 0 Å². The van der Waals surface area contributed by atoms with Crippen LogP contribution in [0.15, 0.2) is 18.2 Å². The molecule has 1 aliphatic rings. The average molecular weight is 392 g/mol. The highest BCUT2D eigenvalue weighted by Gasteiger charge is 2.23. The number of rotatable bonds is 8. The summed E-state index contributed by atoms with van der Waals surface area (Å²) in [5.41, 5.74) is 0.973. The van der Waals surface area contributed by atoms with E-state index in [0.29, 0.717) is 18.2 Å². The molecule has 1 N–H and O–H groups in total. The van der Waals surface area contributed by atoms with Crippen molar-refractivity contribution in [3.05, 3.63) is 23.8 Å². The Balaban J connectivity index is 2.12. The summed E-state index contributed by atoms with van der Waals surface area (Å²) in [6.07, 6.45) is 4.18. The first-order chi connectivity index (χ1) is 13.1. The number of carbonyl (C=O) groups excluding carboxylic acids is 2. The molecule has 0 spiro atoms. The van der Waals surface area contributed by atoms with Crippen LogP contribution in [0.2, 0.25) is 0 Å². The molecule has 1 unspecified atom stereocenters. The Hall–Kier alpha value is -2.08. The highest BCUT2D eigenvalue weighted by atomic mass is 16.6. The van der Waals surface area contributed by atoms with Crippen molar-refractivity contribution in [2.24, 2.45) is 0 Å². The highest BCUT2D eigenvalue weighted by molar-refractivity contribution is 5.69. The van der Waals surface area contributed by atoms with Gasteiger partial charge in [0.15, 0.2) is 0 Å². The van der Waals surface area contributed by atoms with Crippen LogP contribution in [0.3, 0.4) is 0 Å². The van der Waals surface area contributed by atoms with Gasteiger partial charge in [-0.2, -0.15) is 0 Å². The third-order valence-corrected chi connectivity index (χ3v) is 4.66. The first kappa shape index (κ1) is 22.2. The van der Waals surface area contributed by atoms with Crippen LogP contribution in [-0.2, 0) is 14.3 Å². The second kappa shape index (κ2) is 9.92. The van der Waals surface area contributed by atoms with E-state index < -0.39 is 0 Å². The molecule has 0 bridgehead atoms. The first-order valence-electron chi connectivity index (χ1n) is 10.0. The summed E-state index contributed by atoms with van der Waals surface area (Å²) in [4.78, 5) is 22.8. The van der Waals surface area contributed by atoms with Crippen molar-refractivity contribution < 1.29 is 23.8 Å². The topological polar surface area (TPSA) is 73.9 Å². The van der Waals surface area contributed by atoms with Crippen LogP contribution in [0.5, 0.6) is 11.5 Å². The molecule has 6 heteroatoms. The number of hydrogen-bond donors (Lipinski definition) is 1. The van der Waals surface area contributed by atoms with Gasteiger partial charge in [0.05, 0.1) is 0 Å². The zero-order valence-electron chi connectivity index (χ0n) is 17.7. The van der Waals surface area contributed by atoms with Crippen molar-refractivity contribution in [3.8, 4) is 11.5 Å². The Morgan fingerprint density at radius 1 is 1.14 bits per heavy atom. The van der Waals surface area contributed by atoms with Gasteiger partial charge in [0.1, 0.15) is 24.2 Å². The number of carbonyl (C=O) groups is 2. The Morgan fingerprint density at radius 2 is 1.82 bits per heavy atom. The Labute approximate surface area is 167 Å². The standard InChI is InChI=1S/C22H33NO5/c1-15(24)27-18-10-11-21(20(12-18)17-8-6-7-9-17)26-14-19(28-16(2)25)13-23-22(3,4)5/h10-12,17,19,23H,6-9,13-14H2,1-5H3. The van der Waals surface area contributed by atoms with Crippen molar-refractivity contribution in [2.75, 3.05) is 13.2 Å². The minimum atomic E-state index is -0.388. The molecule has 0 heterocycles. The number of hydrogen-bond acceptors (Lipinski definition) is 6. The molecule has 0 aromatic heterocycles. The summed E-state index contributed by atoms with van der Waals surface area (Å²) in [5, 5.41) is 3.35. The van der Waals surface area contributed by atoms with Crippen LogP contribution in [-0.4, -0.2) is 36.7 Å². The lowest BCUT2D eigenvalue weighted by Crippen LogP contribution is -2.44. The van der Waals surface area contributed by atoms with Crippen LogP contribution >= 0.6 is 0 Å². The van der Waals surface area contributed by atoms with Gasteiger partial charge in [0.2, 0.25) is 0 Å². The molecule has 0 saturated heterocycles. The quantitative estimate of drug-likeness (QED) is 0.534. The monoisotopic (exact) mass is 391 g/mol. The second-order valence-corrected chi connectivity index (χ2v) is 8.45. The second-order valence-electron chi connectivity index (χ2n) is 8.45. The zero-order chi connectivity index (χ0) is 20.7. The lowest BCUT2D eigenvalue weighted by atomic mass is 9.96. The van der Waals surface area contributed by atoms with Crippen molar-refractivity contribution in [1.82, 2.24) is 5.32 Å². The number of esters is 2. The molecule has 1 atom stereocenters. The van der Waals surface area contributed by atoms with Gasteiger partial charge in [-0.1, -0.05) is 12.8 Å². The van der Waals surface area contributed by atoms with E-state index in [2.05, 4.69) is 26.1 Å². The number of benzene rings is 1. The molecule has 0 radical (unpaired) electrons. The molecule has 156 valence electrons. The first-order valence-corrected chi connectivity index (χ1v) is 10.0. The van der Waals surface area contributed by atoms with Gasteiger partial charge >= 0.3 is 11.9 Å². The van der Waals surface area contributed by atoms with E-state index in [0.717, 1.165) is 24.2 Å². The van der Waals surface area contributed by atoms with E-state index in [1.807, 2.05) is 12.1 Å². The zero-order valence-corrected chi connectivity index (χ0v) is 17.7. The van der Waals surface area contributed by atoms with Gasteiger partial charge < -0.3 is 19.5 Å². The third-order valence-electron chi connectivity index (χ3n) is 4.66. The van der Waals surface area contributed by atoms with Gasteiger partial charge in [-0.25, -0.2) is 0 Å². The predicted molar refractivity (Wildman–Crippen MR) is 108 cm³/mol. The van der Waals surface area contributed by atoms with E-state index in [1.54, 1.807) is 6.07 Å². The maximum Gasteiger partial charge on any atom is 0.308 e. The summed E-state index contributed by atoms with van der Waals surface area (Å²) in [7, 11) is 0. The lowest BCUT2D eigenvalue weighted by molar-refractivity contribution is -0.147. The fourth-order valence-electron chi connectivity index (χ4n) is 3.42. The summed E-state index contributed by atoms with van der Waals surface area (Å²) in [6, 6.07) is 5.48. The maximum atomic E-state index is 11.5. The average Bonchev–Trinajstić information content (AvgIpc) is 3.10. The molecule has 6 nitrogen and oxygen atoms in total. The molecule has 1 fully saturated rings. The Bertz CT molecular complexity index is 674. The summed E-state index contributed by atoms with van der Waals surface area (Å²) in [5.74, 6) is 1.02. The molecule has 1 aromatic rings. The molecular weight excluding hydrogens is 358 g/mol. The molecule has 0 amide bonds. The molecule has 1 aromatic carbocycles. The van der Waals surface area contributed by atoms with Crippen molar-refractivity contribution >= 4 is 11.9 Å². The molecule has 2 rings (SSSR count). The minimum absolute atomic E-state index is 0.0842. The normalized spacial score (nSPS) is 15.9. The van der Waals surface area contributed by atoms with E-state index in [4.69, 9.17) is 14.2 Å². The van der Waals surface area contributed by atoms with E-state index in [1.165, 1.54) is 26.7 Å². The van der Waals surface area contributed by atoms with Gasteiger partial charge in [0, 0.05) is 31.5 Å². The molecular formula is C22H33NO5. The smallest absolute Gasteiger partial charge is 0.308 e. The summed E-state index contributed by atoms with van der Waals surface area (Å²) >= 11 is 0. The van der Waals surface area contributed by atoms with Crippen LogP contribution < -0.4 is 14.8 Å². The maximum absolute atomic E-state index is 11.5. The highest BCUT2D eigenvalue weighted by Crippen LogP contribution is 2.40. The molecule has 1 aliphatic carbocycles. The SMILES string of the molecule is CC(=O)Oc1ccc(OCC(CNC(C)(C)C)OC(C)=O)c(C2CCCC2)c1. The molecule has 1 saturated carbocycles. The van der Waals surface area contributed by atoms with Crippen LogP contribution in [0.25, 0.3) is 0 Å². The van der Waals surface area contributed by atoms with Gasteiger partial charge in [-0.15, -0.1) is 0 Å². The fraction of sp³-hybridized carbons (Fsp3) is 0.636. The summed E-state index contributed by atoms with van der Waals surface area (Å²) in [6.45, 7) is 9.75. The van der Waals surface area contributed by atoms with Crippen LogP contribution in [0, 0.1) is 0 Å². The number of nitrogens with one attached hydrogen (secondary N) is 1. The number of ether oxygens (including phenoxy) is 3. The third kappa shape index (κ3) is 7.50. The van der Waals surface area contributed by atoms with Gasteiger partial charge in [-0.05, 0) is 57.7 Å². The Kier molecular flexibility index (Phi) is 7.87. The van der Waals surface area contributed by atoms with Crippen LogP contribution in [0.1, 0.15) is 71.8 Å². The minimum Gasteiger partial charge on any atom is -0.489 e.